The van der Waals surface area contributed by atoms with Gasteiger partial charge in [0.15, 0.2) is 0 Å². The number of nitrogens with zero attached hydrogens (tertiary/aromatic N) is 4. The maximum atomic E-state index is 12.5. The Morgan fingerprint density at radius 3 is 1.98 bits per heavy atom. The molecule has 1 amide bonds. The van der Waals surface area contributed by atoms with E-state index < -0.39 is 5.34 Å². The number of benzene rings is 2. The Morgan fingerprint density at radius 1 is 0.878 bits per heavy atom. The van der Waals surface area contributed by atoms with Crippen molar-refractivity contribution in [3.05, 3.63) is 66.4 Å². The van der Waals surface area contributed by atoms with E-state index in [2.05, 4.69) is 106 Å². The highest BCUT2D eigenvalue weighted by Gasteiger charge is 2.58. The van der Waals surface area contributed by atoms with E-state index in [9.17, 15) is 10.1 Å². The summed E-state index contributed by atoms with van der Waals surface area (Å²) in [6.07, 6.45) is 1.71. The van der Waals surface area contributed by atoms with Gasteiger partial charge in [-0.3, -0.25) is 4.79 Å². The van der Waals surface area contributed by atoms with E-state index in [4.69, 9.17) is 4.74 Å². The monoisotopic (exact) mass is 534 g/mol. The van der Waals surface area contributed by atoms with Gasteiger partial charge in [0.1, 0.15) is 78.5 Å². The van der Waals surface area contributed by atoms with E-state index in [0.717, 1.165) is 22.6 Å². The van der Waals surface area contributed by atoms with Crippen LogP contribution in [0.25, 0.3) is 11.3 Å². The summed E-state index contributed by atoms with van der Waals surface area (Å²) >= 11 is 0. The Bertz CT molecular complexity index is 1470. The first-order valence-corrected chi connectivity index (χ1v) is 14.0. The minimum atomic E-state index is -0.942. The summed E-state index contributed by atoms with van der Waals surface area (Å²) in [5.74, 6) is 0.176. The van der Waals surface area contributed by atoms with Gasteiger partial charge in [0, 0.05) is 39.5 Å². The van der Waals surface area contributed by atoms with Crippen LogP contribution in [0.3, 0.4) is 0 Å². The number of hydrogen-bond donors (Lipinski definition) is 2. The van der Waals surface area contributed by atoms with Gasteiger partial charge in [-0.05, 0) is 53.1 Å². The van der Waals surface area contributed by atoms with Crippen LogP contribution in [0.4, 0.5) is 17.3 Å². The second-order valence-corrected chi connectivity index (χ2v) is 13.3. The number of rotatable bonds is 6. The lowest BCUT2D eigenvalue weighted by molar-refractivity contribution is -0.0253. The van der Waals surface area contributed by atoms with Crippen LogP contribution in [0, 0.1) is 11.3 Å². The summed E-state index contributed by atoms with van der Waals surface area (Å²) in [4.78, 5) is 24.1. The van der Waals surface area contributed by atoms with Gasteiger partial charge in [0.25, 0.3) is 5.91 Å². The van der Waals surface area contributed by atoms with Crippen molar-refractivity contribution in [2.75, 3.05) is 10.2 Å². The third-order valence-corrected chi connectivity index (χ3v) is 8.76. The molecule has 41 heavy (non-hydrogen) atoms. The number of carbonyl (C=O) groups is 1. The van der Waals surface area contributed by atoms with Crippen LogP contribution in [0.15, 0.2) is 60.8 Å². The van der Waals surface area contributed by atoms with E-state index in [1.54, 1.807) is 34.0 Å². The van der Waals surface area contributed by atoms with Crippen molar-refractivity contribution in [1.82, 2.24) is 15.3 Å². The first-order valence-electron chi connectivity index (χ1n) is 14.0. The fraction of sp³-hybridized carbons (Fsp3) is 0.217. The maximum Gasteiger partial charge on any atom is 0.251 e. The molecule has 2 aromatic carbocycles. The highest BCUT2D eigenvalue weighted by molar-refractivity contribution is 6.61. The molecule has 0 saturated carbocycles. The molecule has 1 aliphatic rings. The molecule has 0 bridgehead atoms. The van der Waals surface area contributed by atoms with Gasteiger partial charge < -0.3 is 20.3 Å². The molecule has 196 valence electrons. The second-order valence-electron chi connectivity index (χ2n) is 13.3. The number of amides is 1. The lowest BCUT2D eigenvalue weighted by Gasteiger charge is -2.69. The first kappa shape index (κ1) is 30.6. The zero-order valence-electron chi connectivity index (χ0n) is 25.9. The predicted octanol–water partition coefficient (Wildman–Crippen LogP) is -7.42. The number of ether oxygens (including phenoxy) is 1. The van der Waals surface area contributed by atoms with E-state index in [1.807, 2.05) is 30.3 Å². The van der Waals surface area contributed by atoms with Crippen molar-refractivity contribution in [2.24, 2.45) is 0 Å². The number of carbonyl (C=O) groups excluding carboxylic acids is 1. The maximum absolute atomic E-state index is 12.5. The van der Waals surface area contributed by atoms with Gasteiger partial charge in [-0.25, -0.2) is 9.97 Å². The Balaban J connectivity index is 1.53. The normalized spacial score (nSPS) is 18.5. The highest BCUT2D eigenvalue weighted by atomic mass is 16.5. The fourth-order valence-electron chi connectivity index (χ4n) is 5.35. The molecule has 0 radical (unpaired) electrons. The number of morpholine rings is 1. The Labute approximate surface area is 252 Å². The van der Waals surface area contributed by atoms with E-state index in [0.29, 0.717) is 11.5 Å². The van der Waals surface area contributed by atoms with Crippen molar-refractivity contribution >= 4 is 102 Å². The zero-order valence-corrected chi connectivity index (χ0v) is 25.9. The topological polar surface area (TPSA) is 103 Å². The minimum Gasteiger partial charge on any atom is -0.402 e. The SMILES string of the molecule is BC(B)(C#N)NC(=O)c1ccc(-c2ccnc(Nc3ccc(N4C(B)(B)C(B)(B)OC(B)(B)C4(B)B)cc3)n2)cc1. The Kier molecular flexibility index (Phi) is 7.85. The van der Waals surface area contributed by atoms with Crippen molar-refractivity contribution < 1.29 is 9.53 Å². The summed E-state index contributed by atoms with van der Waals surface area (Å²) in [6, 6.07) is 19.4. The molecule has 0 unspecified atom stereocenters. The summed E-state index contributed by atoms with van der Waals surface area (Å²) in [7, 11) is 20.9. The number of nitriles is 1. The van der Waals surface area contributed by atoms with Crippen LogP contribution in [-0.4, -0.2) is 121 Å². The number of anilines is 3. The van der Waals surface area contributed by atoms with E-state index in [-0.39, 0.29) is 27.4 Å². The molecule has 1 aromatic heterocycles. The van der Waals surface area contributed by atoms with Crippen LogP contribution < -0.4 is 15.5 Å². The molecule has 1 saturated heterocycles. The van der Waals surface area contributed by atoms with Crippen molar-refractivity contribution in [3.8, 4) is 17.3 Å². The molecule has 1 aliphatic heterocycles. The van der Waals surface area contributed by atoms with Gasteiger partial charge in [0.2, 0.25) is 5.95 Å². The standard InChI is InChI=1S/C23H32B10N6O2/c24-19(25,11-34)38-17(40)13-3-1-12(2-4-13)16-9-10-35-18(37-16)36-14-5-7-15(8-6-14)39-20(26,27)22(30,31)41-23(32,33)21(39,28)29/h1-10H,24-33H2,(H,38,40)(H,35,36,37). The summed E-state index contributed by atoms with van der Waals surface area (Å²) in [5.41, 5.74) is 4.05. The smallest absolute Gasteiger partial charge is 0.251 e. The quantitative estimate of drug-likeness (QED) is 0.304. The third kappa shape index (κ3) is 5.87. The van der Waals surface area contributed by atoms with E-state index >= 15 is 0 Å². The van der Waals surface area contributed by atoms with Crippen molar-refractivity contribution in [1.29, 1.82) is 5.26 Å². The Hall–Kier alpha value is -3.31. The molecule has 18 heteroatoms. The minimum absolute atomic E-state index is 0.263. The van der Waals surface area contributed by atoms with Crippen LogP contribution in [0.1, 0.15) is 10.4 Å². The lowest BCUT2D eigenvalue weighted by atomic mass is 9.30. The van der Waals surface area contributed by atoms with Gasteiger partial charge >= 0.3 is 0 Å². The second kappa shape index (κ2) is 10.5. The third-order valence-electron chi connectivity index (χ3n) is 8.76. The van der Waals surface area contributed by atoms with Crippen LogP contribution in [0.5, 0.6) is 0 Å². The van der Waals surface area contributed by atoms with Gasteiger partial charge in [-0.1, -0.05) is 12.1 Å². The number of nitrogens with one attached hydrogen (secondary N) is 2. The fourth-order valence-corrected chi connectivity index (χ4v) is 5.35. The van der Waals surface area contributed by atoms with Crippen molar-refractivity contribution in [2.45, 2.75) is 26.8 Å². The molecule has 8 nitrogen and oxygen atoms in total. The van der Waals surface area contributed by atoms with Crippen LogP contribution >= 0.6 is 0 Å². The van der Waals surface area contributed by atoms with Crippen molar-refractivity contribution in [3.63, 3.8) is 0 Å². The van der Waals surface area contributed by atoms with E-state index in [1.165, 1.54) is 0 Å². The molecule has 2 heterocycles. The summed E-state index contributed by atoms with van der Waals surface area (Å²) in [6.45, 7) is 0. The largest absolute Gasteiger partial charge is 0.402 e. The Morgan fingerprint density at radius 2 is 1.44 bits per heavy atom. The zero-order chi connectivity index (χ0) is 30.4. The van der Waals surface area contributed by atoms with Gasteiger partial charge in [-0.2, -0.15) is 5.26 Å². The molecule has 3 aromatic rings. The molecule has 1 fully saturated rings. The average Bonchev–Trinajstić information content (AvgIpc) is 2.88. The molecular formula is C23H32B10N6O2. The molecule has 0 aliphatic carbocycles. The number of hydrogen-bond acceptors (Lipinski definition) is 7. The van der Waals surface area contributed by atoms with Gasteiger partial charge in [0.05, 0.1) is 17.1 Å². The van der Waals surface area contributed by atoms with Crippen LogP contribution in [-0.2, 0) is 4.74 Å². The first-order chi connectivity index (χ1) is 18.9. The number of aromatic nitrogens is 2. The highest BCUT2D eigenvalue weighted by Crippen LogP contribution is 2.43. The molecule has 0 spiro atoms. The molecule has 0 atom stereocenters. The lowest BCUT2D eigenvalue weighted by Crippen LogP contribution is -2.86. The molecule has 2 N–H and O–H groups in total. The van der Waals surface area contributed by atoms with Gasteiger partial charge in [-0.15, -0.1) is 0 Å². The molecular weight excluding hydrogens is 500 g/mol. The summed E-state index contributed by atoms with van der Waals surface area (Å²) in [5, 5.41) is 13.0. The predicted molar refractivity (Wildman–Crippen MR) is 193 cm³/mol. The summed E-state index contributed by atoms with van der Waals surface area (Å²) < 4.78 is 6.63. The average molecular weight is 533 g/mol. The molecule has 4 rings (SSSR count). The van der Waals surface area contributed by atoms with Crippen LogP contribution in [0.2, 0.25) is 0 Å².